The van der Waals surface area contributed by atoms with E-state index >= 15 is 0 Å². The molecule has 1 aliphatic rings. The van der Waals surface area contributed by atoms with Crippen LogP contribution < -0.4 is 20.1 Å². The highest BCUT2D eigenvalue weighted by atomic mass is 32.2. The number of anilines is 3. The number of carbonyl (C=O) groups is 1. The number of ether oxygens (including phenoxy) is 2. The van der Waals surface area contributed by atoms with Gasteiger partial charge in [0.05, 0.1) is 49.2 Å². The lowest BCUT2D eigenvalue weighted by Gasteiger charge is -2.32. The number of nitrogens with one attached hydrogen (secondary N) is 2. The fourth-order valence-electron chi connectivity index (χ4n) is 6.85. The predicted octanol–water partition coefficient (Wildman–Crippen LogP) is 8.55. The van der Waals surface area contributed by atoms with Gasteiger partial charge in [-0.2, -0.15) is 4.33 Å². The van der Waals surface area contributed by atoms with Crippen LogP contribution in [0.5, 0.6) is 11.5 Å². The zero-order valence-corrected chi connectivity index (χ0v) is 31.9. The smallest absolute Gasteiger partial charge is 0.259 e. The number of methoxy groups -OCH3 is 1. The highest BCUT2D eigenvalue weighted by Crippen LogP contribution is 2.37. The Hall–Kier alpha value is -5.61. The summed E-state index contributed by atoms with van der Waals surface area (Å²) in [6, 6.07) is 22.0. The molecule has 3 aromatic heterocycles. The summed E-state index contributed by atoms with van der Waals surface area (Å²) in [6.45, 7) is 5.40. The van der Waals surface area contributed by atoms with E-state index in [0.29, 0.717) is 52.5 Å². The summed E-state index contributed by atoms with van der Waals surface area (Å²) < 4.78 is 47.4. The van der Waals surface area contributed by atoms with Gasteiger partial charge in [0.25, 0.3) is 5.91 Å². The molecule has 7 rings (SSSR count). The molecule has 0 radical (unpaired) electrons. The van der Waals surface area contributed by atoms with Crippen molar-refractivity contribution in [2.75, 3.05) is 56.8 Å². The number of fused-ring (bicyclic) bond motifs is 1. The van der Waals surface area contributed by atoms with E-state index in [1.165, 1.54) is 37.9 Å². The molecule has 1 amide bonds. The minimum Gasteiger partial charge on any atom is -0.496 e. The highest BCUT2D eigenvalue weighted by molar-refractivity contribution is 7.94. The number of amides is 1. The van der Waals surface area contributed by atoms with Gasteiger partial charge in [0, 0.05) is 42.3 Å². The molecule has 0 saturated carbocycles. The van der Waals surface area contributed by atoms with Crippen LogP contribution in [0.4, 0.5) is 26.1 Å². The molecule has 0 atom stereocenters. The van der Waals surface area contributed by atoms with E-state index in [1.807, 2.05) is 41.8 Å². The van der Waals surface area contributed by atoms with Crippen LogP contribution in [0.15, 0.2) is 91.3 Å². The van der Waals surface area contributed by atoms with Crippen molar-refractivity contribution in [1.82, 2.24) is 24.3 Å². The van der Waals surface area contributed by atoms with Crippen LogP contribution in [-0.4, -0.2) is 76.4 Å². The number of nitrogens with zero attached hydrogens (tertiary/aromatic N) is 5. The molecule has 3 aromatic carbocycles. The van der Waals surface area contributed by atoms with Crippen LogP contribution in [0.2, 0.25) is 0 Å². The Morgan fingerprint density at radius 3 is 2.54 bits per heavy atom. The third-order valence-electron chi connectivity index (χ3n) is 9.56. The summed E-state index contributed by atoms with van der Waals surface area (Å²) in [5, 5.41) is 5.72. The fourth-order valence-corrected chi connectivity index (χ4v) is 7.35. The number of carbonyl (C=O) groups excluding carboxylic acids is 1. The van der Waals surface area contributed by atoms with Crippen LogP contribution in [0.3, 0.4) is 0 Å². The van der Waals surface area contributed by atoms with Gasteiger partial charge in [-0.05, 0) is 105 Å². The first-order valence-corrected chi connectivity index (χ1v) is 19.1. The van der Waals surface area contributed by atoms with Gasteiger partial charge < -0.3 is 25.0 Å². The Morgan fingerprint density at radius 2 is 1.77 bits per heavy atom. The van der Waals surface area contributed by atoms with Crippen molar-refractivity contribution >= 4 is 40.9 Å². The number of piperidine rings is 1. The molecule has 6 aromatic rings. The quantitative estimate of drug-likeness (QED) is 0.0451. The van der Waals surface area contributed by atoms with Gasteiger partial charge in [-0.15, -0.1) is 0 Å². The van der Waals surface area contributed by atoms with Gasteiger partial charge in [-0.25, -0.2) is 28.6 Å². The predicted molar refractivity (Wildman–Crippen MR) is 212 cm³/mol. The number of aromatic nitrogens is 4. The second-order valence-corrected chi connectivity index (χ2v) is 13.7. The van der Waals surface area contributed by atoms with Gasteiger partial charge >= 0.3 is 0 Å². The Labute approximate surface area is 327 Å². The van der Waals surface area contributed by atoms with Crippen LogP contribution in [0.1, 0.15) is 41.6 Å². The maximum atomic E-state index is 14.5. The van der Waals surface area contributed by atoms with E-state index in [0.717, 1.165) is 56.0 Å². The van der Waals surface area contributed by atoms with E-state index in [4.69, 9.17) is 23.8 Å². The molecule has 0 aliphatic carbocycles. The molecule has 0 unspecified atom stereocenters. The van der Waals surface area contributed by atoms with E-state index in [1.54, 1.807) is 30.5 Å². The van der Waals surface area contributed by atoms with Gasteiger partial charge in [-0.3, -0.25) is 9.20 Å². The average molecular weight is 782 g/mol. The molecule has 1 fully saturated rings. The van der Waals surface area contributed by atoms with Crippen molar-refractivity contribution in [3.05, 3.63) is 114 Å². The third-order valence-corrected chi connectivity index (χ3v) is 10.1. The first-order chi connectivity index (χ1) is 27.4. The molecule has 290 valence electrons. The molecular weight excluding hydrogens is 741 g/mol. The summed E-state index contributed by atoms with van der Waals surface area (Å²) in [6.07, 6.45) is 5.63. The van der Waals surface area contributed by atoms with Crippen molar-refractivity contribution in [3.8, 4) is 34.1 Å². The molecule has 56 heavy (non-hydrogen) atoms. The molecule has 4 heterocycles. The SMILES string of the molecule is CCOc1cc(C2CCN(CCSOOC)CC2)ccc1Nc1nccc(-c2c(-c3ccc(OC)c(C(=O)Nc4c(F)cccc4F)c3)nc3ccccn23)n1. The number of hydrogen-bond donors (Lipinski definition) is 2. The molecule has 1 saturated heterocycles. The lowest BCUT2D eigenvalue weighted by molar-refractivity contribution is -0.160. The highest BCUT2D eigenvalue weighted by Gasteiger charge is 2.24. The van der Waals surface area contributed by atoms with Crippen LogP contribution in [0, 0.1) is 11.6 Å². The zero-order valence-electron chi connectivity index (χ0n) is 31.1. The second kappa shape index (κ2) is 17.9. The second-order valence-electron chi connectivity index (χ2n) is 13.0. The average Bonchev–Trinajstić information content (AvgIpc) is 3.61. The van der Waals surface area contributed by atoms with E-state index in [2.05, 4.69) is 37.5 Å². The minimum atomic E-state index is -0.898. The summed E-state index contributed by atoms with van der Waals surface area (Å²) in [7, 11) is 2.92. The van der Waals surface area contributed by atoms with E-state index < -0.39 is 23.2 Å². The molecule has 0 spiro atoms. The summed E-state index contributed by atoms with van der Waals surface area (Å²) in [4.78, 5) is 35.0. The van der Waals surface area contributed by atoms with E-state index in [9.17, 15) is 13.6 Å². The summed E-state index contributed by atoms with van der Waals surface area (Å²) >= 11 is 1.32. The van der Waals surface area contributed by atoms with Gasteiger partial charge in [0.1, 0.15) is 34.5 Å². The Morgan fingerprint density at radius 1 is 0.946 bits per heavy atom. The Balaban J connectivity index is 1.16. The fraction of sp³-hybridized carbons (Fsp3) is 0.268. The minimum absolute atomic E-state index is 0.0605. The maximum absolute atomic E-state index is 14.5. The van der Waals surface area contributed by atoms with Crippen molar-refractivity contribution in [1.29, 1.82) is 0 Å². The summed E-state index contributed by atoms with van der Waals surface area (Å²) in [5.74, 6) is -0.0133. The molecule has 1 aliphatic heterocycles. The van der Waals surface area contributed by atoms with Gasteiger partial charge in [0.2, 0.25) is 5.95 Å². The van der Waals surface area contributed by atoms with Gasteiger partial charge in [0.15, 0.2) is 0 Å². The molecule has 12 nitrogen and oxygen atoms in total. The lowest BCUT2D eigenvalue weighted by atomic mass is 9.89. The number of benzene rings is 3. The number of halogens is 2. The molecular formula is C41H41F2N7O5S. The number of hydrogen-bond acceptors (Lipinski definition) is 11. The van der Waals surface area contributed by atoms with Crippen LogP contribution in [0.25, 0.3) is 28.3 Å². The summed E-state index contributed by atoms with van der Waals surface area (Å²) in [5.41, 5.74) is 4.37. The van der Waals surface area contributed by atoms with E-state index in [-0.39, 0.29) is 11.3 Å². The van der Waals surface area contributed by atoms with Gasteiger partial charge in [-0.1, -0.05) is 18.2 Å². The van der Waals surface area contributed by atoms with Crippen molar-refractivity contribution in [2.24, 2.45) is 0 Å². The van der Waals surface area contributed by atoms with Crippen molar-refractivity contribution < 1.29 is 32.3 Å². The molecule has 0 bridgehead atoms. The first kappa shape index (κ1) is 38.7. The third kappa shape index (κ3) is 8.60. The van der Waals surface area contributed by atoms with Crippen LogP contribution in [-0.2, 0) is 9.22 Å². The molecule has 2 N–H and O–H groups in total. The zero-order chi connectivity index (χ0) is 39.0. The maximum Gasteiger partial charge on any atom is 0.259 e. The number of para-hydroxylation sites is 1. The Bertz CT molecular complexity index is 2300. The number of likely N-dealkylation sites (tertiary alicyclic amines) is 1. The normalized spacial score (nSPS) is 13.5. The number of rotatable bonds is 15. The van der Waals surface area contributed by atoms with Crippen molar-refractivity contribution in [3.63, 3.8) is 0 Å². The number of imidazole rings is 1. The van der Waals surface area contributed by atoms with Crippen molar-refractivity contribution in [2.45, 2.75) is 25.7 Å². The first-order valence-electron chi connectivity index (χ1n) is 18.2. The standard InChI is InChI=1S/C41H41F2N7O5S/c1-4-54-35-25-27(26-16-20-49(21-17-26)22-23-56-55-53-3)11-13-32(35)45-41-44-18-15-33(46-41)39-37(47-36-10-5-6-19-50(36)39)28-12-14-34(52-2)29(24-28)40(51)48-38-30(42)8-7-9-31(38)43/h5-15,18-19,24-26H,4,16-17,20-23H2,1-3H3,(H,48,51)(H,44,45,46). The monoisotopic (exact) mass is 781 g/mol. The topological polar surface area (TPSA) is 124 Å². The largest absolute Gasteiger partial charge is 0.496 e. The van der Waals surface area contributed by atoms with Crippen LogP contribution >= 0.6 is 12.0 Å². The lowest BCUT2D eigenvalue weighted by Crippen LogP contribution is -2.34. The Kier molecular flexibility index (Phi) is 12.4. The number of pyridine rings is 1. The molecule has 15 heteroatoms.